The summed E-state index contributed by atoms with van der Waals surface area (Å²) in [5.41, 5.74) is 0. The van der Waals surface area contributed by atoms with Gasteiger partial charge in [-0.15, -0.1) is 24.8 Å². The van der Waals surface area contributed by atoms with Crippen molar-refractivity contribution in [2.24, 2.45) is 0 Å². The van der Waals surface area contributed by atoms with Gasteiger partial charge in [-0.25, -0.2) is 0 Å². The summed E-state index contributed by atoms with van der Waals surface area (Å²) in [6.07, 6.45) is -2.98. The van der Waals surface area contributed by atoms with Crippen molar-refractivity contribution in [3.63, 3.8) is 0 Å². The number of alkyl halides is 3. The minimum absolute atomic E-state index is 0. The molecule has 0 aromatic carbocycles. The van der Waals surface area contributed by atoms with E-state index in [0.717, 1.165) is 31.1 Å². The predicted molar refractivity (Wildman–Crippen MR) is 74.6 cm³/mol. The largest absolute Gasteiger partial charge is 0.406 e. The molecular weight excluding hydrogens is 318 g/mol. The van der Waals surface area contributed by atoms with E-state index in [0.29, 0.717) is 12.8 Å². The second-order valence-corrected chi connectivity index (χ2v) is 4.82. The van der Waals surface area contributed by atoms with E-state index in [1.165, 1.54) is 0 Å². The number of halogens is 5. The highest BCUT2D eigenvalue weighted by Crippen LogP contribution is 2.23. The number of hydrogen-bond acceptors (Lipinski definition) is 3. The number of rotatable bonds is 2. The lowest BCUT2D eigenvalue weighted by molar-refractivity contribution is -0.167. The number of nitrogens with zero attached hydrogens (tertiary/aromatic N) is 2. The van der Waals surface area contributed by atoms with E-state index in [1.807, 2.05) is 4.90 Å². The van der Waals surface area contributed by atoms with Gasteiger partial charge >= 0.3 is 6.18 Å². The molecule has 1 atom stereocenters. The number of hydrogen-bond donors (Lipinski definition) is 1. The Kier molecular flexibility index (Phi) is 8.16. The first-order valence-electron chi connectivity index (χ1n) is 6.28. The maximum absolute atomic E-state index is 12.4. The molecule has 2 fully saturated rings. The Balaban J connectivity index is 0.00000180. The molecule has 4 nitrogen and oxygen atoms in total. The molecule has 1 N–H and O–H groups in total. The fourth-order valence-corrected chi connectivity index (χ4v) is 2.63. The first-order valence-corrected chi connectivity index (χ1v) is 6.28. The lowest BCUT2D eigenvalue weighted by Crippen LogP contribution is -2.58. The third-order valence-corrected chi connectivity index (χ3v) is 3.46. The first kappa shape index (κ1) is 19.8. The summed E-state index contributed by atoms with van der Waals surface area (Å²) in [5, 5.41) is 3.17. The van der Waals surface area contributed by atoms with E-state index in [9.17, 15) is 18.0 Å². The van der Waals surface area contributed by atoms with Gasteiger partial charge in [0.1, 0.15) is 6.54 Å². The maximum atomic E-state index is 12.4. The summed E-state index contributed by atoms with van der Waals surface area (Å²) in [7, 11) is 0. The normalized spacial score (nSPS) is 24.9. The van der Waals surface area contributed by atoms with Crippen molar-refractivity contribution in [1.29, 1.82) is 0 Å². The SMILES string of the molecule is Cl.Cl.O=C1C(N2CCNCC2)CCCN1CC(F)(F)F. The topological polar surface area (TPSA) is 35.6 Å². The number of piperazine rings is 1. The van der Waals surface area contributed by atoms with Gasteiger partial charge in [-0.3, -0.25) is 9.69 Å². The van der Waals surface area contributed by atoms with Crippen molar-refractivity contribution < 1.29 is 18.0 Å². The highest BCUT2D eigenvalue weighted by Gasteiger charge is 2.39. The molecule has 2 rings (SSSR count). The predicted octanol–water partition coefficient (Wildman–Crippen LogP) is 1.29. The molecule has 0 saturated carbocycles. The van der Waals surface area contributed by atoms with Crippen LogP contribution < -0.4 is 5.32 Å². The lowest BCUT2D eigenvalue weighted by atomic mass is 10.0. The molecule has 0 radical (unpaired) electrons. The Labute approximate surface area is 128 Å². The molecule has 1 unspecified atom stereocenters. The highest BCUT2D eigenvalue weighted by molar-refractivity contribution is 5.85. The van der Waals surface area contributed by atoms with E-state index in [4.69, 9.17) is 0 Å². The summed E-state index contributed by atoms with van der Waals surface area (Å²) in [4.78, 5) is 15.0. The number of nitrogens with one attached hydrogen (secondary N) is 1. The van der Waals surface area contributed by atoms with Gasteiger partial charge in [-0.05, 0) is 12.8 Å². The van der Waals surface area contributed by atoms with Crippen LogP contribution in [0.1, 0.15) is 12.8 Å². The van der Waals surface area contributed by atoms with E-state index in [1.54, 1.807) is 0 Å². The summed E-state index contributed by atoms with van der Waals surface area (Å²) in [5.74, 6) is -0.361. The number of carbonyl (C=O) groups excluding carboxylic acids is 1. The molecule has 2 saturated heterocycles. The van der Waals surface area contributed by atoms with E-state index >= 15 is 0 Å². The summed E-state index contributed by atoms with van der Waals surface area (Å²) < 4.78 is 37.1. The number of carbonyl (C=O) groups is 1. The molecule has 20 heavy (non-hydrogen) atoms. The van der Waals surface area contributed by atoms with Crippen molar-refractivity contribution in [2.45, 2.75) is 25.1 Å². The van der Waals surface area contributed by atoms with Crippen LogP contribution in [0.25, 0.3) is 0 Å². The Bertz CT molecular complexity index is 312. The van der Waals surface area contributed by atoms with Crippen molar-refractivity contribution in [3.8, 4) is 0 Å². The first-order chi connectivity index (χ1) is 8.47. The molecule has 2 aliphatic heterocycles. The van der Waals surface area contributed by atoms with Gasteiger partial charge in [-0.2, -0.15) is 13.2 Å². The minimum Gasteiger partial charge on any atom is -0.332 e. The molecule has 2 heterocycles. The van der Waals surface area contributed by atoms with Crippen molar-refractivity contribution in [1.82, 2.24) is 15.1 Å². The standard InChI is InChI=1S/C11H18F3N3O.2ClH/c12-11(13,14)8-17-5-1-2-9(10(17)18)16-6-3-15-4-7-16;;/h9,15H,1-8H2;2*1H. The second-order valence-electron chi connectivity index (χ2n) is 4.82. The van der Waals surface area contributed by atoms with Gasteiger partial charge in [0.2, 0.25) is 5.91 Å². The Morgan fingerprint density at radius 2 is 1.75 bits per heavy atom. The third-order valence-electron chi connectivity index (χ3n) is 3.46. The molecule has 0 aromatic heterocycles. The van der Waals surface area contributed by atoms with Crippen molar-refractivity contribution in [2.75, 3.05) is 39.3 Å². The number of amides is 1. The third kappa shape index (κ3) is 5.27. The van der Waals surface area contributed by atoms with Crippen LogP contribution in [0.15, 0.2) is 0 Å². The van der Waals surface area contributed by atoms with Crippen LogP contribution in [-0.4, -0.2) is 67.2 Å². The van der Waals surface area contributed by atoms with Crippen LogP contribution in [0, 0.1) is 0 Å². The van der Waals surface area contributed by atoms with Crippen LogP contribution in [0.3, 0.4) is 0 Å². The Morgan fingerprint density at radius 3 is 2.30 bits per heavy atom. The summed E-state index contributed by atoms with van der Waals surface area (Å²) >= 11 is 0. The van der Waals surface area contributed by atoms with Crippen LogP contribution >= 0.6 is 24.8 Å². The van der Waals surface area contributed by atoms with E-state index in [-0.39, 0.29) is 43.3 Å². The zero-order chi connectivity index (χ0) is 13.2. The van der Waals surface area contributed by atoms with Crippen LogP contribution in [0.4, 0.5) is 13.2 Å². The minimum atomic E-state index is -4.30. The molecule has 9 heteroatoms. The second kappa shape index (κ2) is 8.26. The van der Waals surface area contributed by atoms with Gasteiger partial charge in [-0.1, -0.05) is 0 Å². The van der Waals surface area contributed by atoms with Gasteiger partial charge in [0.15, 0.2) is 0 Å². The fraction of sp³-hybridized carbons (Fsp3) is 0.909. The van der Waals surface area contributed by atoms with Gasteiger partial charge in [0, 0.05) is 32.7 Å². The number of likely N-dealkylation sites (tertiary alicyclic amines) is 1. The molecular formula is C11H20Cl2F3N3O. The molecule has 120 valence electrons. The van der Waals surface area contributed by atoms with Gasteiger partial charge < -0.3 is 10.2 Å². The monoisotopic (exact) mass is 337 g/mol. The van der Waals surface area contributed by atoms with Crippen LogP contribution in [0.5, 0.6) is 0 Å². The molecule has 0 bridgehead atoms. The van der Waals surface area contributed by atoms with Gasteiger partial charge in [0.25, 0.3) is 0 Å². The summed E-state index contributed by atoms with van der Waals surface area (Å²) in [6.45, 7) is 2.16. The Morgan fingerprint density at radius 1 is 1.15 bits per heavy atom. The molecule has 0 spiro atoms. The fourth-order valence-electron chi connectivity index (χ4n) is 2.63. The molecule has 0 aliphatic carbocycles. The maximum Gasteiger partial charge on any atom is 0.406 e. The zero-order valence-electron chi connectivity index (χ0n) is 11.0. The van der Waals surface area contributed by atoms with E-state index < -0.39 is 12.7 Å². The van der Waals surface area contributed by atoms with Gasteiger partial charge in [0.05, 0.1) is 6.04 Å². The van der Waals surface area contributed by atoms with Crippen LogP contribution in [0.2, 0.25) is 0 Å². The van der Waals surface area contributed by atoms with Crippen molar-refractivity contribution in [3.05, 3.63) is 0 Å². The molecule has 1 amide bonds. The zero-order valence-corrected chi connectivity index (χ0v) is 12.6. The van der Waals surface area contributed by atoms with E-state index in [2.05, 4.69) is 5.32 Å². The smallest absolute Gasteiger partial charge is 0.332 e. The Hall–Kier alpha value is -0.240. The lowest BCUT2D eigenvalue weighted by Gasteiger charge is -2.40. The quantitative estimate of drug-likeness (QED) is 0.824. The van der Waals surface area contributed by atoms with Crippen LogP contribution in [-0.2, 0) is 4.79 Å². The summed E-state index contributed by atoms with van der Waals surface area (Å²) in [6, 6.07) is -0.358. The molecule has 2 aliphatic rings. The highest BCUT2D eigenvalue weighted by atomic mass is 35.5. The average Bonchev–Trinajstić information content (AvgIpc) is 2.31. The van der Waals surface area contributed by atoms with Crippen molar-refractivity contribution >= 4 is 30.7 Å². The average molecular weight is 338 g/mol. The molecule has 0 aromatic rings. The number of piperidine rings is 1.